The van der Waals surface area contributed by atoms with Crippen LogP contribution in [0.2, 0.25) is 0 Å². The van der Waals surface area contributed by atoms with E-state index in [0.717, 1.165) is 16.7 Å². The largest absolute Gasteiger partial charge is 0.478 e. The van der Waals surface area contributed by atoms with Gasteiger partial charge in [-0.15, -0.1) is 0 Å². The molecule has 0 aliphatic carbocycles. The molecule has 3 nitrogen and oxygen atoms in total. The van der Waals surface area contributed by atoms with Gasteiger partial charge in [0, 0.05) is 0 Å². The average Bonchev–Trinajstić information content (AvgIpc) is 2.15. The van der Waals surface area contributed by atoms with Crippen LogP contribution in [0.3, 0.4) is 0 Å². The summed E-state index contributed by atoms with van der Waals surface area (Å²) in [6.45, 7) is 5.45. The molecule has 0 aromatic heterocycles. The van der Waals surface area contributed by atoms with E-state index in [-0.39, 0.29) is 12.2 Å². The third-order valence-electron chi connectivity index (χ3n) is 2.26. The van der Waals surface area contributed by atoms with Gasteiger partial charge in [-0.2, -0.15) is 0 Å². The lowest BCUT2D eigenvalue weighted by molar-refractivity contribution is 0.0693. The highest BCUT2D eigenvalue weighted by atomic mass is 16.4. The molecule has 0 aliphatic rings. The fourth-order valence-corrected chi connectivity index (χ4v) is 1.65. The smallest absolute Gasteiger partial charge is 0.336 e. The summed E-state index contributed by atoms with van der Waals surface area (Å²) in [5.74, 6) is -1.00. The Balaban J connectivity index is 3.48. The third-order valence-corrected chi connectivity index (χ3v) is 2.26. The second kappa shape index (κ2) is 4.94. The molecule has 0 aliphatic heterocycles. The lowest BCUT2D eigenvalue weighted by Crippen LogP contribution is -2.05. The topological polar surface area (TPSA) is 57.5 Å². The number of hydrogen-bond donors (Lipinski definition) is 2. The number of carboxylic acids is 1. The van der Waals surface area contributed by atoms with Crippen molar-refractivity contribution in [2.45, 2.75) is 27.4 Å². The van der Waals surface area contributed by atoms with E-state index < -0.39 is 5.97 Å². The molecule has 1 aromatic rings. The molecule has 0 fully saturated rings. The van der Waals surface area contributed by atoms with E-state index in [2.05, 4.69) is 0 Å². The highest BCUT2D eigenvalue weighted by Crippen LogP contribution is 2.20. The quantitative estimate of drug-likeness (QED) is 0.823. The van der Waals surface area contributed by atoms with Crippen LogP contribution in [0, 0.1) is 6.92 Å². The summed E-state index contributed by atoms with van der Waals surface area (Å²) in [7, 11) is 0. The monoisotopic (exact) mass is 220 g/mol. The maximum Gasteiger partial charge on any atom is 0.336 e. The first-order valence-electron chi connectivity index (χ1n) is 5.08. The van der Waals surface area contributed by atoms with Crippen LogP contribution in [-0.2, 0) is 6.61 Å². The van der Waals surface area contributed by atoms with Crippen molar-refractivity contribution >= 4 is 12.0 Å². The Hall–Kier alpha value is -1.61. The summed E-state index contributed by atoms with van der Waals surface area (Å²) in [5.41, 5.74) is 3.37. The predicted molar refractivity (Wildman–Crippen MR) is 63.4 cm³/mol. The Morgan fingerprint density at radius 2 is 2.00 bits per heavy atom. The lowest BCUT2D eigenvalue weighted by atomic mass is 9.97. The van der Waals surface area contributed by atoms with Crippen LogP contribution < -0.4 is 0 Å². The molecule has 1 aromatic carbocycles. The average molecular weight is 220 g/mol. The minimum atomic E-state index is -1.00. The minimum Gasteiger partial charge on any atom is -0.478 e. The van der Waals surface area contributed by atoms with Crippen LogP contribution in [0.4, 0.5) is 0 Å². The predicted octanol–water partition coefficient (Wildman–Crippen LogP) is 2.61. The number of carboxylic acid groups (broad SMARTS) is 1. The van der Waals surface area contributed by atoms with E-state index in [1.54, 1.807) is 6.07 Å². The van der Waals surface area contributed by atoms with Gasteiger partial charge in [0.15, 0.2) is 0 Å². The molecule has 0 atom stereocenters. The van der Waals surface area contributed by atoms with Crippen molar-refractivity contribution in [1.29, 1.82) is 0 Å². The van der Waals surface area contributed by atoms with Crippen molar-refractivity contribution in [2.75, 3.05) is 0 Å². The Labute approximate surface area is 95.0 Å². The SMILES string of the molecule is CC(C)=Cc1cc(C)cc(C(=O)O)c1CO. The molecule has 0 amide bonds. The molecule has 0 saturated heterocycles. The van der Waals surface area contributed by atoms with E-state index >= 15 is 0 Å². The molecule has 0 saturated carbocycles. The van der Waals surface area contributed by atoms with E-state index in [4.69, 9.17) is 5.11 Å². The first kappa shape index (κ1) is 12.5. The van der Waals surface area contributed by atoms with Crippen molar-refractivity contribution in [3.05, 3.63) is 40.0 Å². The number of aliphatic hydroxyl groups is 1. The first-order chi connectivity index (χ1) is 7.45. The van der Waals surface area contributed by atoms with E-state index in [1.807, 2.05) is 32.9 Å². The molecule has 0 heterocycles. The van der Waals surface area contributed by atoms with Crippen LogP contribution in [0.25, 0.3) is 6.08 Å². The zero-order valence-corrected chi connectivity index (χ0v) is 9.74. The molecular formula is C13H16O3. The highest BCUT2D eigenvalue weighted by Gasteiger charge is 2.13. The van der Waals surface area contributed by atoms with Crippen LogP contribution in [-0.4, -0.2) is 16.2 Å². The van der Waals surface area contributed by atoms with Crippen molar-refractivity contribution in [2.24, 2.45) is 0 Å². The van der Waals surface area contributed by atoms with Gasteiger partial charge in [-0.25, -0.2) is 4.79 Å². The van der Waals surface area contributed by atoms with Gasteiger partial charge < -0.3 is 10.2 Å². The normalized spacial score (nSPS) is 10.0. The molecule has 3 heteroatoms. The Morgan fingerprint density at radius 3 is 2.44 bits per heavy atom. The lowest BCUT2D eigenvalue weighted by Gasteiger charge is -2.09. The van der Waals surface area contributed by atoms with Gasteiger partial charge in [-0.1, -0.05) is 17.7 Å². The fraction of sp³-hybridized carbons (Fsp3) is 0.308. The molecule has 16 heavy (non-hydrogen) atoms. The van der Waals surface area contributed by atoms with Crippen LogP contribution in [0.5, 0.6) is 0 Å². The van der Waals surface area contributed by atoms with Gasteiger partial charge in [0.05, 0.1) is 12.2 Å². The standard InChI is InChI=1S/C13H16O3/c1-8(2)4-10-5-9(3)6-11(13(15)16)12(10)7-14/h4-6,14H,7H2,1-3H3,(H,15,16). The van der Waals surface area contributed by atoms with Crippen LogP contribution >= 0.6 is 0 Å². The summed E-state index contributed by atoms with van der Waals surface area (Å²) in [4.78, 5) is 11.0. The number of rotatable bonds is 3. The van der Waals surface area contributed by atoms with Crippen molar-refractivity contribution in [3.8, 4) is 0 Å². The number of hydrogen-bond acceptors (Lipinski definition) is 2. The third kappa shape index (κ3) is 2.70. The number of allylic oxidation sites excluding steroid dienone is 1. The molecule has 2 N–H and O–H groups in total. The zero-order valence-electron chi connectivity index (χ0n) is 9.74. The van der Waals surface area contributed by atoms with E-state index in [9.17, 15) is 9.90 Å². The summed E-state index contributed by atoms with van der Waals surface area (Å²) in [5, 5.41) is 18.3. The molecule has 1 rings (SSSR count). The van der Waals surface area contributed by atoms with Crippen molar-refractivity contribution < 1.29 is 15.0 Å². The summed E-state index contributed by atoms with van der Waals surface area (Å²) >= 11 is 0. The molecule has 0 unspecified atom stereocenters. The maximum atomic E-state index is 11.0. The summed E-state index contributed by atoms with van der Waals surface area (Å²) in [6, 6.07) is 3.46. The van der Waals surface area contributed by atoms with Crippen molar-refractivity contribution in [3.63, 3.8) is 0 Å². The Kier molecular flexibility index (Phi) is 3.85. The maximum absolute atomic E-state index is 11.0. The minimum absolute atomic E-state index is 0.176. The van der Waals surface area contributed by atoms with Gasteiger partial charge >= 0.3 is 5.97 Å². The number of aryl methyl sites for hydroxylation is 1. The Bertz CT molecular complexity index is 441. The molecule has 0 radical (unpaired) electrons. The summed E-state index contributed by atoms with van der Waals surface area (Å²) < 4.78 is 0. The highest BCUT2D eigenvalue weighted by molar-refractivity contribution is 5.91. The van der Waals surface area contributed by atoms with Gasteiger partial charge in [0.25, 0.3) is 0 Å². The number of carbonyl (C=O) groups is 1. The fourth-order valence-electron chi connectivity index (χ4n) is 1.65. The zero-order chi connectivity index (χ0) is 12.3. The molecule has 0 bridgehead atoms. The van der Waals surface area contributed by atoms with Gasteiger partial charge in [0.1, 0.15) is 0 Å². The van der Waals surface area contributed by atoms with Gasteiger partial charge in [-0.05, 0) is 43.5 Å². The molecule has 86 valence electrons. The number of aliphatic hydroxyl groups excluding tert-OH is 1. The molecule has 0 spiro atoms. The van der Waals surface area contributed by atoms with E-state index in [1.165, 1.54) is 0 Å². The second-order valence-corrected chi connectivity index (χ2v) is 4.07. The summed E-state index contributed by atoms with van der Waals surface area (Å²) in [6.07, 6.45) is 1.88. The van der Waals surface area contributed by atoms with Gasteiger partial charge in [-0.3, -0.25) is 0 Å². The van der Waals surface area contributed by atoms with Crippen LogP contribution in [0.15, 0.2) is 17.7 Å². The second-order valence-electron chi connectivity index (χ2n) is 4.07. The van der Waals surface area contributed by atoms with Gasteiger partial charge in [0.2, 0.25) is 0 Å². The number of benzene rings is 1. The first-order valence-corrected chi connectivity index (χ1v) is 5.08. The Morgan fingerprint density at radius 1 is 1.38 bits per heavy atom. The van der Waals surface area contributed by atoms with E-state index in [0.29, 0.717) is 5.56 Å². The molecular weight excluding hydrogens is 204 g/mol. The number of aromatic carboxylic acids is 1. The van der Waals surface area contributed by atoms with Crippen LogP contribution in [0.1, 0.15) is 40.9 Å². The van der Waals surface area contributed by atoms with Crippen molar-refractivity contribution in [1.82, 2.24) is 0 Å².